The molecule has 11 heteroatoms. The Balaban J connectivity index is 1.77. The second-order valence-corrected chi connectivity index (χ2v) is 11.4. The molecule has 1 aromatic carbocycles. The summed E-state index contributed by atoms with van der Waals surface area (Å²) in [7, 11) is 0. The van der Waals surface area contributed by atoms with Crippen molar-refractivity contribution in [3.63, 3.8) is 0 Å². The van der Waals surface area contributed by atoms with Gasteiger partial charge in [-0.25, -0.2) is 4.79 Å². The predicted molar refractivity (Wildman–Crippen MR) is 149 cm³/mol. The van der Waals surface area contributed by atoms with Gasteiger partial charge in [0.15, 0.2) is 0 Å². The van der Waals surface area contributed by atoms with Crippen molar-refractivity contribution in [1.82, 2.24) is 15.5 Å². The lowest BCUT2D eigenvalue weighted by Gasteiger charge is -2.28. The van der Waals surface area contributed by atoms with Crippen molar-refractivity contribution in [2.75, 3.05) is 0 Å². The first-order valence-corrected chi connectivity index (χ1v) is 14.4. The van der Waals surface area contributed by atoms with Crippen molar-refractivity contribution < 1.29 is 19.5 Å². The van der Waals surface area contributed by atoms with Crippen LogP contribution in [0.15, 0.2) is 53.2 Å². The molecule has 0 spiro atoms. The second-order valence-electron chi connectivity index (χ2n) is 8.49. The number of urea groups is 1. The van der Waals surface area contributed by atoms with Gasteiger partial charge < -0.3 is 20.6 Å². The number of nitrogens with one attached hydrogen (secondary N) is 2. The lowest BCUT2D eigenvalue weighted by molar-refractivity contribution is -0.137. The molecule has 3 N–H and O–H groups in total. The standard InChI is InChI=1S/C26H29Cl2N3O4S2/c1-2-3-8-22(25(34)31(15-18-6-4-11-36-18)16-19-7-5-12-37-19)29-26(35)30-23(14-24(32)33)17-9-10-20(27)21(28)13-17/h4-7,9-13,22-23H,2-3,8,14-16H2,1H3,(H,32,33)(H2,29,30,35)/t22-,23-/m0/s1. The third-order valence-electron chi connectivity index (χ3n) is 5.65. The summed E-state index contributed by atoms with van der Waals surface area (Å²) in [5, 5.41) is 19.4. The summed E-state index contributed by atoms with van der Waals surface area (Å²) >= 11 is 15.2. The molecule has 0 unspecified atom stereocenters. The van der Waals surface area contributed by atoms with Gasteiger partial charge in [0.1, 0.15) is 6.04 Å². The summed E-state index contributed by atoms with van der Waals surface area (Å²) in [6.07, 6.45) is 1.70. The number of carboxylic acids is 1. The van der Waals surface area contributed by atoms with Crippen molar-refractivity contribution in [1.29, 1.82) is 0 Å². The molecule has 37 heavy (non-hydrogen) atoms. The van der Waals surface area contributed by atoms with Gasteiger partial charge in [-0.3, -0.25) is 9.59 Å². The van der Waals surface area contributed by atoms with Gasteiger partial charge in [-0.15, -0.1) is 22.7 Å². The van der Waals surface area contributed by atoms with E-state index in [9.17, 15) is 19.5 Å². The smallest absolute Gasteiger partial charge is 0.315 e. The normalized spacial score (nSPS) is 12.5. The molecule has 3 amide bonds. The zero-order valence-corrected chi connectivity index (χ0v) is 23.4. The van der Waals surface area contributed by atoms with Crippen molar-refractivity contribution >= 4 is 63.8 Å². The fourth-order valence-electron chi connectivity index (χ4n) is 3.79. The van der Waals surface area contributed by atoms with Gasteiger partial charge in [-0.1, -0.05) is 61.2 Å². The average molecular weight is 583 g/mol. The number of halogens is 2. The lowest BCUT2D eigenvalue weighted by Crippen LogP contribution is -2.51. The number of hydrogen-bond acceptors (Lipinski definition) is 5. The summed E-state index contributed by atoms with van der Waals surface area (Å²) in [6, 6.07) is 10.3. The highest BCUT2D eigenvalue weighted by Crippen LogP contribution is 2.27. The van der Waals surface area contributed by atoms with Gasteiger partial charge in [0, 0.05) is 9.75 Å². The predicted octanol–water partition coefficient (Wildman–Crippen LogP) is 6.72. The summed E-state index contributed by atoms with van der Waals surface area (Å²) in [5.74, 6) is -1.28. The Labute approximate surface area is 234 Å². The monoisotopic (exact) mass is 581 g/mol. The van der Waals surface area contributed by atoms with Gasteiger partial charge in [0.25, 0.3) is 0 Å². The molecule has 2 aromatic heterocycles. The average Bonchev–Trinajstić information content (AvgIpc) is 3.56. The minimum Gasteiger partial charge on any atom is -0.481 e. The molecule has 2 atom stereocenters. The number of hydrogen-bond donors (Lipinski definition) is 3. The number of carbonyl (C=O) groups is 3. The number of rotatable bonds is 13. The summed E-state index contributed by atoms with van der Waals surface area (Å²) < 4.78 is 0. The number of carboxylic acid groups (broad SMARTS) is 1. The highest BCUT2D eigenvalue weighted by atomic mass is 35.5. The first kappa shape index (κ1) is 29.0. The maximum absolute atomic E-state index is 13.7. The third-order valence-corrected chi connectivity index (χ3v) is 8.11. The lowest BCUT2D eigenvalue weighted by atomic mass is 10.0. The van der Waals surface area contributed by atoms with E-state index in [1.165, 1.54) is 6.07 Å². The highest BCUT2D eigenvalue weighted by Gasteiger charge is 2.28. The highest BCUT2D eigenvalue weighted by molar-refractivity contribution is 7.10. The maximum Gasteiger partial charge on any atom is 0.315 e. The quantitative estimate of drug-likeness (QED) is 0.208. The molecular formula is C26H29Cl2N3O4S2. The summed E-state index contributed by atoms with van der Waals surface area (Å²) in [4.78, 5) is 42.1. The van der Waals surface area contributed by atoms with Crippen LogP contribution < -0.4 is 10.6 Å². The summed E-state index contributed by atoms with van der Waals surface area (Å²) in [5.41, 5.74) is 0.500. The van der Waals surface area contributed by atoms with E-state index in [2.05, 4.69) is 10.6 Å². The molecule has 3 rings (SSSR count). The first-order chi connectivity index (χ1) is 17.8. The number of unbranched alkanes of at least 4 members (excludes halogenated alkanes) is 1. The minimum atomic E-state index is -1.09. The number of carbonyl (C=O) groups excluding carboxylic acids is 2. The minimum absolute atomic E-state index is 0.185. The van der Waals surface area contributed by atoms with Crippen LogP contribution in [0.2, 0.25) is 10.0 Å². The number of amides is 3. The van der Waals surface area contributed by atoms with Gasteiger partial charge in [-0.05, 0) is 47.0 Å². The van der Waals surface area contributed by atoms with E-state index in [-0.39, 0.29) is 17.4 Å². The van der Waals surface area contributed by atoms with Crippen LogP contribution in [-0.2, 0) is 22.7 Å². The molecule has 0 fully saturated rings. The molecule has 0 saturated carbocycles. The van der Waals surface area contributed by atoms with E-state index < -0.39 is 24.1 Å². The Morgan fingerprint density at radius 2 is 1.62 bits per heavy atom. The van der Waals surface area contributed by atoms with E-state index >= 15 is 0 Å². The SMILES string of the molecule is CCCC[C@H](NC(=O)N[C@@H](CC(=O)O)c1ccc(Cl)c(Cl)c1)C(=O)N(Cc1cccs1)Cc1cccs1. The van der Waals surface area contributed by atoms with Crippen LogP contribution in [0.1, 0.15) is 54.0 Å². The summed E-state index contributed by atoms with van der Waals surface area (Å²) in [6.45, 7) is 2.89. The molecule has 0 radical (unpaired) electrons. The topological polar surface area (TPSA) is 98.7 Å². The molecule has 2 heterocycles. The number of nitrogens with zero attached hydrogens (tertiary/aromatic N) is 1. The van der Waals surface area contributed by atoms with Crippen LogP contribution in [0.3, 0.4) is 0 Å². The van der Waals surface area contributed by atoms with Crippen molar-refractivity contribution in [3.8, 4) is 0 Å². The van der Waals surface area contributed by atoms with Crippen LogP contribution in [0.5, 0.6) is 0 Å². The van der Waals surface area contributed by atoms with Crippen LogP contribution in [-0.4, -0.2) is 34.0 Å². The fourth-order valence-corrected chi connectivity index (χ4v) is 5.54. The van der Waals surface area contributed by atoms with Gasteiger partial charge in [0.2, 0.25) is 5.91 Å². The number of thiophene rings is 2. The Morgan fingerprint density at radius 1 is 0.973 bits per heavy atom. The largest absolute Gasteiger partial charge is 0.481 e. The zero-order chi connectivity index (χ0) is 26.8. The van der Waals surface area contributed by atoms with Gasteiger partial charge in [-0.2, -0.15) is 0 Å². The molecule has 0 saturated heterocycles. The molecular weight excluding hydrogens is 553 g/mol. The van der Waals surface area contributed by atoms with Crippen molar-refractivity contribution in [2.24, 2.45) is 0 Å². The maximum atomic E-state index is 13.7. The van der Waals surface area contributed by atoms with Crippen molar-refractivity contribution in [3.05, 3.63) is 78.6 Å². The second kappa shape index (κ2) is 14.4. The van der Waals surface area contributed by atoms with E-state index in [4.69, 9.17) is 23.2 Å². The van der Waals surface area contributed by atoms with Gasteiger partial charge in [0.05, 0.1) is 35.6 Å². The van der Waals surface area contributed by atoms with Crippen LogP contribution in [0.25, 0.3) is 0 Å². The van der Waals surface area contributed by atoms with Crippen LogP contribution in [0, 0.1) is 0 Å². The molecule has 7 nitrogen and oxygen atoms in total. The molecule has 198 valence electrons. The van der Waals surface area contributed by atoms with E-state index in [0.29, 0.717) is 30.1 Å². The van der Waals surface area contributed by atoms with Crippen molar-refractivity contribution in [2.45, 2.75) is 57.8 Å². The fraction of sp³-hybridized carbons (Fsp3) is 0.346. The Morgan fingerprint density at radius 3 is 2.14 bits per heavy atom. The first-order valence-electron chi connectivity index (χ1n) is 11.8. The Kier molecular flexibility index (Phi) is 11.3. The number of benzene rings is 1. The van der Waals surface area contributed by atoms with E-state index in [1.54, 1.807) is 39.7 Å². The molecule has 0 aliphatic carbocycles. The molecule has 3 aromatic rings. The molecule has 0 aliphatic rings. The Bertz CT molecular complexity index is 1140. The van der Waals surface area contributed by atoms with Gasteiger partial charge >= 0.3 is 12.0 Å². The van der Waals surface area contributed by atoms with Crippen LogP contribution >= 0.6 is 45.9 Å². The molecule has 0 bridgehead atoms. The van der Waals surface area contributed by atoms with E-state index in [1.807, 2.05) is 41.9 Å². The van der Waals surface area contributed by atoms with Crippen LogP contribution in [0.4, 0.5) is 4.79 Å². The zero-order valence-electron chi connectivity index (χ0n) is 20.3. The number of aliphatic carboxylic acids is 1. The third kappa shape index (κ3) is 9.03. The molecule has 0 aliphatic heterocycles. The Hall–Kier alpha value is -2.59. The van der Waals surface area contributed by atoms with E-state index in [0.717, 1.165) is 22.6 Å².